The summed E-state index contributed by atoms with van der Waals surface area (Å²) in [5.74, 6) is 1.79. The van der Waals surface area contributed by atoms with Crippen LogP contribution >= 0.6 is 0 Å². The highest BCUT2D eigenvalue weighted by atomic mass is 14.3. The SMILES string of the molecule is C1=CC2CCCC2Cc2ccccc21. The lowest BCUT2D eigenvalue weighted by molar-refractivity contribution is 0.460. The van der Waals surface area contributed by atoms with Crippen LogP contribution in [0.4, 0.5) is 0 Å². The smallest absolute Gasteiger partial charge is 0.0199 e. The Kier molecular flexibility index (Phi) is 1.93. The van der Waals surface area contributed by atoms with Crippen LogP contribution in [-0.2, 0) is 6.42 Å². The lowest BCUT2D eigenvalue weighted by Gasteiger charge is -2.13. The van der Waals surface area contributed by atoms with E-state index in [2.05, 4.69) is 36.4 Å². The first-order chi connectivity index (χ1) is 6.93. The fourth-order valence-electron chi connectivity index (χ4n) is 2.96. The van der Waals surface area contributed by atoms with Gasteiger partial charge in [0.15, 0.2) is 0 Å². The Labute approximate surface area is 85.6 Å². The standard InChI is InChI=1S/C14H16/c1-2-5-13-10-14-7-3-6-12(14)9-8-11(13)4-1/h1-2,4-5,8-9,12,14H,3,6-7,10H2. The Morgan fingerprint density at radius 2 is 2.00 bits per heavy atom. The molecule has 2 aliphatic carbocycles. The average Bonchev–Trinajstić information content (AvgIpc) is 2.58. The van der Waals surface area contributed by atoms with E-state index in [0.717, 1.165) is 11.8 Å². The highest BCUT2D eigenvalue weighted by Crippen LogP contribution is 2.38. The van der Waals surface area contributed by atoms with E-state index in [1.807, 2.05) is 0 Å². The van der Waals surface area contributed by atoms with Crippen molar-refractivity contribution in [1.29, 1.82) is 0 Å². The van der Waals surface area contributed by atoms with E-state index >= 15 is 0 Å². The van der Waals surface area contributed by atoms with Gasteiger partial charge in [-0.25, -0.2) is 0 Å². The number of rotatable bonds is 0. The number of benzene rings is 1. The molecule has 1 aromatic carbocycles. The first-order valence-corrected chi connectivity index (χ1v) is 5.69. The van der Waals surface area contributed by atoms with Crippen molar-refractivity contribution in [2.24, 2.45) is 11.8 Å². The molecular weight excluding hydrogens is 168 g/mol. The third-order valence-corrected chi connectivity index (χ3v) is 3.78. The zero-order valence-corrected chi connectivity index (χ0v) is 8.45. The highest BCUT2D eigenvalue weighted by Gasteiger charge is 2.27. The molecule has 1 saturated carbocycles. The van der Waals surface area contributed by atoms with E-state index in [1.165, 1.54) is 31.2 Å². The number of fused-ring (bicyclic) bond motifs is 2. The molecule has 72 valence electrons. The fraction of sp³-hybridized carbons (Fsp3) is 0.429. The van der Waals surface area contributed by atoms with Gasteiger partial charge in [-0.2, -0.15) is 0 Å². The zero-order chi connectivity index (χ0) is 9.38. The molecule has 0 bridgehead atoms. The molecule has 1 aromatic rings. The second-order valence-corrected chi connectivity index (χ2v) is 4.62. The Bertz CT molecular complexity index is 362. The van der Waals surface area contributed by atoms with Gasteiger partial charge in [0.2, 0.25) is 0 Å². The van der Waals surface area contributed by atoms with Gasteiger partial charge in [0.25, 0.3) is 0 Å². The molecular formula is C14H16. The van der Waals surface area contributed by atoms with Crippen LogP contribution in [0.3, 0.4) is 0 Å². The van der Waals surface area contributed by atoms with Gasteiger partial charge in [-0.3, -0.25) is 0 Å². The Morgan fingerprint density at radius 1 is 1.07 bits per heavy atom. The van der Waals surface area contributed by atoms with Gasteiger partial charge in [0.1, 0.15) is 0 Å². The molecule has 0 saturated heterocycles. The Morgan fingerprint density at radius 3 is 3.00 bits per heavy atom. The molecule has 0 aliphatic heterocycles. The molecule has 1 fully saturated rings. The summed E-state index contributed by atoms with van der Waals surface area (Å²) in [4.78, 5) is 0. The molecule has 0 amide bonds. The minimum atomic E-state index is 0.863. The van der Waals surface area contributed by atoms with E-state index in [9.17, 15) is 0 Å². The zero-order valence-electron chi connectivity index (χ0n) is 8.45. The molecule has 0 N–H and O–H groups in total. The molecule has 2 unspecified atom stereocenters. The first kappa shape index (κ1) is 8.28. The molecule has 0 radical (unpaired) electrons. The van der Waals surface area contributed by atoms with E-state index in [-0.39, 0.29) is 0 Å². The topological polar surface area (TPSA) is 0 Å². The summed E-state index contributed by atoms with van der Waals surface area (Å²) >= 11 is 0. The third kappa shape index (κ3) is 1.30. The Balaban J connectivity index is 2.01. The van der Waals surface area contributed by atoms with Crippen molar-refractivity contribution in [3.05, 3.63) is 41.5 Å². The van der Waals surface area contributed by atoms with E-state index in [0.29, 0.717) is 0 Å². The van der Waals surface area contributed by atoms with Crippen LogP contribution in [0.1, 0.15) is 30.4 Å². The fourth-order valence-corrected chi connectivity index (χ4v) is 2.96. The van der Waals surface area contributed by atoms with Crippen LogP contribution in [0.15, 0.2) is 30.3 Å². The summed E-state index contributed by atoms with van der Waals surface area (Å²) in [6, 6.07) is 8.85. The van der Waals surface area contributed by atoms with Gasteiger partial charge in [0, 0.05) is 0 Å². The molecule has 0 heteroatoms. The number of allylic oxidation sites excluding steroid dienone is 1. The summed E-state index contributed by atoms with van der Waals surface area (Å²) in [6.45, 7) is 0. The first-order valence-electron chi connectivity index (χ1n) is 5.69. The largest absolute Gasteiger partial charge is 0.0805 e. The van der Waals surface area contributed by atoms with Crippen molar-refractivity contribution >= 4 is 6.08 Å². The van der Waals surface area contributed by atoms with Gasteiger partial charge in [0.05, 0.1) is 0 Å². The van der Waals surface area contributed by atoms with Crippen LogP contribution < -0.4 is 0 Å². The van der Waals surface area contributed by atoms with E-state index in [4.69, 9.17) is 0 Å². The van der Waals surface area contributed by atoms with Gasteiger partial charge >= 0.3 is 0 Å². The van der Waals surface area contributed by atoms with Crippen LogP contribution in [-0.4, -0.2) is 0 Å². The van der Waals surface area contributed by atoms with Crippen molar-refractivity contribution in [2.45, 2.75) is 25.7 Å². The highest BCUT2D eigenvalue weighted by molar-refractivity contribution is 5.55. The van der Waals surface area contributed by atoms with Crippen LogP contribution in [0.2, 0.25) is 0 Å². The third-order valence-electron chi connectivity index (χ3n) is 3.78. The maximum Gasteiger partial charge on any atom is -0.0199 e. The van der Waals surface area contributed by atoms with Crippen molar-refractivity contribution in [3.63, 3.8) is 0 Å². The molecule has 2 aliphatic rings. The summed E-state index contributed by atoms with van der Waals surface area (Å²) in [5, 5.41) is 0. The van der Waals surface area contributed by atoms with Gasteiger partial charge in [-0.05, 0) is 42.2 Å². The number of hydrogen-bond donors (Lipinski definition) is 0. The summed E-state index contributed by atoms with van der Waals surface area (Å²) in [5.41, 5.74) is 3.00. The van der Waals surface area contributed by atoms with Crippen molar-refractivity contribution in [1.82, 2.24) is 0 Å². The van der Waals surface area contributed by atoms with Crippen LogP contribution in [0.25, 0.3) is 6.08 Å². The second kappa shape index (κ2) is 3.27. The summed E-state index contributed by atoms with van der Waals surface area (Å²) < 4.78 is 0. The number of hydrogen-bond acceptors (Lipinski definition) is 0. The molecule has 0 spiro atoms. The normalized spacial score (nSPS) is 29.4. The van der Waals surface area contributed by atoms with Crippen molar-refractivity contribution < 1.29 is 0 Å². The van der Waals surface area contributed by atoms with E-state index in [1.54, 1.807) is 5.56 Å². The van der Waals surface area contributed by atoms with Crippen LogP contribution in [0, 0.1) is 11.8 Å². The second-order valence-electron chi connectivity index (χ2n) is 4.62. The molecule has 14 heavy (non-hydrogen) atoms. The van der Waals surface area contributed by atoms with Gasteiger partial charge < -0.3 is 0 Å². The monoisotopic (exact) mass is 184 g/mol. The van der Waals surface area contributed by atoms with Crippen molar-refractivity contribution in [2.75, 3.05) is 0 Å². The van der Waals surface area contributed by atoms with E-state index < -0.39 is 0 Å². The minimum Gasteiger partial charge on any atom is -0.0805 e. The molecule has 3 rings (SSSR count). The van der Waals surface area contributed by atoms with Crippen LogP contribution in [0.5, 0.6) is 0 Å². The molecule has 0 aromatic heterocycles. The average molecular weight is 184 g/mol. The van der Waals surface area contributed by atoms with Gasteiger partial charge in [-0.15, -0.1) is 0 Å². The quantitative estimate of drug-likeness (QED) is 0.577. The maximum atomic E-state index is 2.45. The lowest BCUT2D eigenvalue weighted by Crippen LogP contribution is -2.07. The minimum absolute atomic E-state index is 0.863. The summed E-state index contributed by atoms with van der Waals surface area (Å²) in [7, 11) is 0. The lowest BCUT2D eigenvalue weighted by atomic mass is 9.91. The van der Waals surface area contributed by atoms with Crippen molar-refractivity contribution in [3.8, 4) is 0 Å². The summed E-state index contributed by atoms with van der Waals surface area (Å²) in [6.07, 6.45) is 10.4. The predicted molar refractivity (Wildman–Crippen MR) is 60.0 cm³/mol. The molecule has 2 atom stereocenters. The predicted octanol–water partition coefficient (Wildman–Crippen LogP) is 3.67. The maximum absolute atomic E-state index is 2.45. The van der Waals surface area contributed by atoms with Gasteiger partial charge in [-0.1, -0.05) is 42.8 Å². The Hall–Kier alpha value is -1.04. The molecule has 0 heterocycles. The molecule has 0 nitrogen and oxygen atoms in total.